The first kappa shape index (κ1) is 19.5. The molecule has 3 heterocycles. The standard InChI is InChI=1S/C23H33N7/c1-15-10-20(17(11-24)21(26-3)27-15)29-9-4-19-18(12-29)16(2)28-30(19)14-22-5-7-23(25,13-22)8-6-22/h10-11,24H,4-9,12-14,25H2,1-3H3,(H,26,27). The molecule has 2 aromatic heterocycles. The number of aryl methyl sites for hydroxylation is 2. The summed E-state index contributed by atoms with van der Waals surface area (Å²) in [5, 5.41) is 16.1. The highest BCUT2D eigenvalue weighted by Crippen LogP contribution is 2.56. The van der Waals surface area contributed by atoms with Crippen LogP contribution in [-0.4, -0.2) is 40.1 Å². The maximum absolute atomic E-state index is 7.94. The number of nitrogens with two attached hydrogens (primary N) is 1. The molecule has 1 aliphatic heterocycles. The highest BCUT2D eigenvalue weighted by molar-refractivity contribution is 5.92. The van der Waals surface area contributed by atoms with E-state index in [0.29, 0.717) is 5.41 Å². The Morgan fingerprint density at radius 2 is 2.03 bits per heavy atom. The Balaban J connectivity index is 1.44. The minimum atomic E-state index is 0.0897. The molecule has 5 rings (SSSR count). The van der Waals surface area contributed by atoms with Crippen LogP contribution >= 0.6 is 0 Å². The number of nitrogens with one attached hydrogen (secondary N) is 2. The number of pyridine rings is 1. The zero-order valence-electron chi connectivity index (χ0n) is 18.4. The Morgan fingerprint density at radius 3 is 2.67 bits per heavy atom. The van der Waals surface area contributed by atoms with Gasteiger partial charge in [-0.1, -0.05) is 0 Å². The average molecular weight is 408 g/mol. The van der Waals surface area contributed by atoms with Crippen LogP contribution in [0.1, 0.15) is 60.3 Å². The van der Waals surface area contributed by atoms with E-state index >= 15 is 0 Å². The summed E-state index contributed by atoms with van der Waals surface area (Å²) in [5.74, 6) is 0.769. The second-order valence-corrected chi connectivity index (χ2v) is 9.82. The molecule has 7 nitrogen and oxygen atoms in total. The van der Waals surface area contributed by atoms with E-state index in [2.05, 4.69) is 32.9 Å². The SMILES string of the molecule is CNc1nc(C)cc(N2CCc3c(c(C)nn3CC34CCC(N)(CC3)C4)C2)c1C=N. The van der Waals surface area contributed by atoms with Gasteiger partial charge in [-0.2, -0.15) is 5.10 Å². The summed E-state index contributed by atoms with van der Waals surface area (Å²) in [6, 6.07) is 2.10. The molecule has 0 atom stereocenters. The monoisotopic (exact) mass is 407 g/mol. The number of anilines is 2. The lowest BCUT2D eigenvalue weighted by atomic mass is 9.84. The Hall–Kier alpha value is -2.41. The van der Waals surface area contributed by atoms with Crippen LogP contribution in [0.3, 0.4) is 0 Å². The minimum Gasteiger partial charge on any atom is -0.373 e. The molecule has 0 saturated heterocycles. The van der Waals surface area contributed by atoms with E-state index in [1.165, 1.54) is 43.2 Å². The lowest BCUT2D eigenvalue weighted by Crippen LogP contribution is -2.33. The molecule has 2 aromatic rings. The Bertz CT molecular complexity index is 997. The summed E-state index contributed by atoms with van der Waals surface area (Å²) in [6.45, 7) is 6.94. The van der Waals surface area contributed by atoms with E-state index in [4.69, 9.17) is 16.2 Å². The van der Waals surface area contributed by atoms with E-state index in [1.54, 1.807) is 0 Å². The third kappa shape index (κ3) is 3.02. The summed E-state index contributed by atoms with van der Waals surface area (Å²) < 4.78 is 2.31. The third-order valence-electron chi connectivity index (χ3n) is 7.74. The van der Waals surface area contributed by atoms with Gasteiger partial charge in [0, 0.05) is 61.8 Å². The van der Waals surface area contributed by atoms with Crippen molar-refractivity contribution in [2.75, 3.05) is 23.8 Å². The lowest BCUT2D eigenvalue weighted by Gasteiger charge is -2.32. The molecule has 3 aliphatic rings. The minimum absolute atomic E-state index is 0.0897. The summed E-state index contributed by atoms with van der Waals surface area (Å²) in [4.78, 5) is 6.93. The quantitative estimate of drug-likeness (QED) is 0.662. The number of nitrogens with zero attached hydrogens (tertiary/aromatic N) is 4. The number of hydrogen-bond acceptors (Lipinski definition) is 6. The van der Waals surface area contributed by atoms with Gasteiger partial charge < -0.3 is 21.4 Å². The Kier molecular flexibility index (Phi) is 4.43. The second-order valence-electron chi connectivity index (χ2n) is 9.82. The molecule has 2 bridgehead atoms. The fraction of sp³-hybridized carbons (Fsp3) is 0.609. The van der Waals surface area contributed by atoms with Gasteiger partial charge in [0.2, 0.25) is 0 Å². The molecule has 7 heteroatoms. The van der Waals surface area contributed by atoms with Crippen LogP contribution in [0.5, 0.6) is 0 Å². The summed E-state index contributed by atoms with van der Waals surface area (Å²) in [7, 11) is 1.86. The van der Waals surface area contributed by atoms with Gasteiger partial charge in [-0.3, -0.25) is 4.68 Å². The van der Waals surface area contributed by atoms with E-state index in [0.717, 1.165) is 60.9 Å². The zero-order chi connectivity index (χ0) is 21.1. The van der Waals surface area contributed by atoms with Crippen LogP contribution < -0.4 is 16.0 Å². The summed E-state index contributed by atoms with van der Waals surface area (Å²) in [6.07, 6.45) is 8.39. The van der Waals surface area contributed by atoms with E-state index in [1.807, 2.05) is 14.0 Å². The molecule has 0 amide bonds. The van der Waals surface area contributed by atoms with Crippen molar-refractivity contribution in [3.05, 3.63) is 34.3 Å². The summed E-state index contributed by atoms with van der Waals surface area (Å²) in [5.41, 5.74) is 13.8. The Morgan fingerprint density at radius 1 is 1.27 bits per heavy atom. The largest absolute Gasteiger partial charge is 0.373 e. The Labute approximate surface area is 178 Å². The first-order valence-electron chi connectivity index (χ1n) is 11.1. The third-order valence-corrected chi connectivity index (χ3v) is 7.74. The average Bonchev–Trinajstić information content (AvgIpc) is 3.35. The molecule has 0 spiro atoms. The van der Waals surface area contributed by atoms with Crippen LogP contribution in [0.2, 0.25) is 0 Å². The topological polar surface area (TPSA) is 95.8 Å². The highest BCUT2D eigenvalue weighted by Gasteiger charge is 2.52. The number of fused-ring (bicyclic) bond motifs is 3. The van der Waals surface area contributed by atoms with E-state index in [-0.39, 0.29) is 5.54 Å². The maximum atomic E-state index is 7.94. The van der Waals surface area contributed by atoms with Gasteiger partial charge in [-0.25, -0.2) is 4.98 Å². The van der Waals surface area contributed by atoms with E-state index in [9.17, 15) is 0 Å². The van der Waals surface area contributed by atoms with Gasteiger partial charge >= 0.3 is 0 Å². The van der Waals surface area contributed by atoms with Crippen molar-refractivity contribution < 1.29 is 0 Å². The van der Waals surface area contributed by atoms with Crippen LogP contribution in [0.4, 0.5) is 11.5 Å². The normalized spacial score (nSPS) is 27.4. The van der Waals surface area contributed by atoms with Crippen molar-refractivity contribution in [1.82, 2.24) is 14.8 Å². The van der Waals surface area contributed by atoms with Gasteiger partial charge in [-0.15, -0.1) is 0 Å². The fourth-order valence-electron chi connectivity index (χ4n) is 6.17. The molecule has 2 aliphatic carbocycles. The van der Waals surface area contributed by atoms with Crippen LogP contribution in [-0.2, 0) is 19.5 Å². The van der Waals surface area contributed by atoms with Crippen molar-refractivity contribution in [2.24, 2.45) is 11.1 Å². The van der Waals surface area contributed by atoms with Crippen LogP contribution in [0.15, 0.2) is 6.07 Å². The predicted molar refractivity (Wildman–Crippen MR) is 121 cm³/mol. The lowest BCUT2D eigenvalue weighted by molar-refractivity contribution is 0.233. The number of rotatable bonds is 5. The van der Waals surface area contributed by atoms with Gasteiger partial charge in [-0.05, 0) is 57.4 Å². The second kappa shape index (κ2) is 6.80. The molecular formula is C23H33N7. The molecular weight excluding hydrogens is 374 g/mol. The molecule has 30 heavy (non-hydrogen) atoms. The fourth-order valence-corrected chi connectivity index (χ4v) is 6.17. The molecule has 0 unspecified atom stereocenters. The van der Waals surface area contributed by atoms with Crippen molar-refractivity contribution in [2.45, 2.75) is 71.0 Å². The molecule has 0 aromatic carbocycles. The van der Waals surface area contributed by atoms with Gasteiger partial charge in [0.1, 0.15) is 5.82 Å². The smallest absolute Gasteiger partial charge is 0.136 e. The van der Waals surface area contributed by atoms with Crippen molar-refractivity contribution >= 4 is 17.7 Å². The van der Waals surface area contributed by atoms with Gasteiger partial charge in [0.15, 0.2) is 0 Å². The van der Waals surface area contributed by atoms with Crippen molar-refractivity contribution in [3.63, 3.8) is 0 Å². The van der Waals surface area contributed by atoms with Crippen LogP contribution in [0.25, 0.3) is 0 Å². The molecule has 0 radical (unpaired) electrons. The number of aromatic nitrogens is 3. The molecule has 2 fully saturated rings. The van der Waals surface area contributed by atoms with Crippen molar-refractivity contribution in [1.29, 1.82) is 5.41 Å². The predicted octanol–water partition coefficient (Wildman–Crippen LogP) is 3.16. The van der Waals surface area contributed by atoms with E-state index < -0.39 is 0 Å². The molecule has 2 saturated carbocycles. The number of hydrogen-bond donors (Lipinski definition) is 3. The zero-order valence-corrected chi connectivity index (χ0v) is 18.4. The highest BCUT2D eigenvalue weighted by atomic mass is 15.3. The van der Waals surface area contributed by atoms with Crippen molar-refractivity contribution in [3.8, 4) is 0 Å². The molecule has 160 valence electrons. The maximum Gasteiger partial charge on any atom is 0.136 e. The first-order valence-corrected chi connectivity index (χ1v) is 11.1. The van der Waals surface area contributed by atoms with Gasteiger partial charge in [0.25, 0.3) is 0 Å². The summed E-state index contributed by atoms with van der Waals surface area (Å²) >= 11 is 0. The van der Waals surface area contributed by atoms with Crippen LogP contribution in [0, 0.1) is 24.7 Å². The first-order chi connectivity index (χ1) is 14.4. The molecule has 4 N–H and O–H groups in total. The van der Waals surface area contributed by atoms with Gasteiger partial charge in [0.05, 0.1) is 16.9 Å².